The lowest BCUT2D eigenvalue weighted by Gasteiger charge is -2.29. The largest absolute Gasteiger partial charge is 0.465 e. The van der Waals surface area contributed by atoms with E-state index in [9.17, 15) is 26.4 Å². The van der Waals surface area contributed by atoms with Crippen LogP contribution in [0.2, 0.25) is 5.02 Å². The summed E-state index contributed by atoms with van der Waals surface area (Å²) in [5.41, 5.74) is -0.177. The number of sulfonamides is 1. The number of fused-ring (bicyclic) bond motifs is 1. The molecule has 1 aliphatic rings. The highest BCUT2D eigenvalue weighted by Gasteiger charge is 2.34. The summed E-state index contributed by atoms with van der Waals surface area (Å²) >= 11 is 7.09. The highest BCUT2D eigenvalue weighted by Crippen LogP contribution is 2.40. The molecule has 0 bridgehead atoms. The Bertz CT molecular complexity index is 1070. The lowest BCUT2D eigenvalue weighted by molar-refractivity contribution is -0.137. The first kappa shape index (κ1) is 21.7. The molecule has 2 aromatic heterocycles. The highest BCUT2D eigenvalue weighted by atomic mass is 35.5. The van der Waals surface area contributed by atoms with E-state index in [1.807, 2.05) is 0 Å². The number of methoxy groups -OCH3 is 1. The van der Waals surface area contributed by atoms with Crippen molar-refractivity contribution in [2.24, 2.45) is 0 Å². The van der Waals surface area contributed by atoms with Crippen LogP contribution < -0.4 is 9.62 Å². The quantitative estimate of drug-likeness (QED) is 0.689. The number of hydrogen-bond donors (Lipinski definition) is 1. The van der Waals surface area contributed by atoms with Crippen LogP contribution >= 0.6 is 22.9 Å². The minimum Gasteiger partial charge on any atom is -0.465 e. The zero-order valence-electron chi connectivity index (χ0n) is 15.1. The number of esters is 1. The smallest absolute Gasteiger partial charge is 0.417 e. The molecule has 0 amide bonds. The molecule has 0 atom stereocenters. The summed E-state index contributed by atoms with van der Waals surface area (Å²) in [6.45, 7) is 0.525. The van der Waals surface area contributed by atoms with Crippen molar-refractivity contribution in [3.63, 3.8) is 0 Å². The van der Waals surface area contributed by atoms with Gasteiger partial charge in [-0.2, -0.15) is 13.2 Å². The maximum absolute atomic E-state index is 12.8. The third-order valence-electron chi connectivity index (χ3n) is 4.17. The van der Waals surface area contributed by atoms with E-state index in [0.29, 0.717) is 29.6 Å². The van der Waals surface area contributed by atoms with E-state index < -0.39 is 27.7 Å². The second-order valence-corrected chi connectivity index (χ2v) is 9.53. The number of carbonyl (C=O) groups is 1. The number of pyridine rings is 1. The summed E-state index contributed by atoms with van der Waals surface area (Å²) in [5.74, 6) is -0.497. The van der Waals surface area contributed by atoms with Gasteiger partial charge in [-0.05, 0) is 18.1 Å². The molecule has 3 heterocycles. The Morgan fingerprint density at radius 2 is 2.10 bits per heavy atom. The molecule has 1 N–H and O–H groups in total. The Hall–Kier alpha value is -2.05. The van der Waals surface area contributed by atoms with Gasteiger partial charge >= 0.3 is 12.1 Å². The maximum Gasteiger partial charge on any atom is 0.417 e. The normalized spacial score (nSPS) is 14.5. The minimum absolute atomic E-state index is 0.137. The molecule has 158 valence electrons. The van der Waals surface area contributed by atoms with Crippen LogP contribution in [-0.2, 0) is 33.9 Å². The Kier molecular flexibility index (Phi) is 5.71. The SMILES string of the molecule is COC(=O)c1c(NS(C)(=O)=O)sc2c1CCN(c1ncc(C(F)(F)F)cc1Cl)C2. The summed E-state index contributed by atoms with van der Waals surface area (Å²) in [5, 5.41) is -0.0137. The zero-order chi connectivity index (χ0) is 21.6. The Balaban J connectivity index is 1.96. The number of carbonyl (C=O) groups excluding carboxylic acids is 1. The Morgan fingerprint density at radius 1 is 1.41 bits per heavy atom. The van der Waals surface area contributed by atoms with Crippen LogP contribution in [0.1, 0.15) is 26.4 Å². The molecule has 0 saturated heterocycles. The van der Waals surface area contributed by atoms with Crippen LogP contribution in [0.25, 0.3) is 0 Å². The second-order valence-electron chi connectivity index (χ2n) is 6.27. The van der Waals surface area contributed by atoms with Crippen LogP contribution in [0.15, 0.2) is 12.3 Å². The monoisotopic (exact) mass is 469 g/mol. The molecule has 0 spiro atoms. The van der Waals surface area contributed by atoms with Gasteiger partial charge in [0.2, 0.25) is 10.0 Å². The number of thiophene rings is 1. The molecule has 0 aliphatic carbocycles. The first-order chi connectivity index (χ1) is 13.4. The molecular weight excluding hydrogens is 455 g/mol. The number of hydrogen-bond acceptors (Lipinski definition) is 7. The van der Waals surface area contributed by atoms with Crippen LogP contribution in [-0.4, -0.2) is 39.3 Å². The first-order valence-electron chi connectivity index (χ1n) is 8.09. The van der Waals surface area contributed by atoms with Gasteiger partial charge in [0.05, 0.1) is 36.1 Å². The van der Waals surface area contributed by atoms with Gasteiger partial charge in [0, 0.05) is 17.6 Å². The number of aromatic nitrogens is 1. The van der Waals surface area contributed by atoms with Gasteiger partial charge in [-0.15, -0.1) is 11.3 Å². The minimum atomic E-state index is -4.56. The Labute approximate surface area is 173 Å². The van der Waals surface area contributed by atoms with Crippen molar-refractivity contribution in [3.8, 4) is 0 Å². The van der Waals surface area contributed by atoms with Crippen molar-refractivity contribution in [1.29, 1.82) is 0 Å². The molecular formula is C16H15ClF3N3O4S2. The van der Waals surface area contributed by atoms with Gasteiger partial charge < -0.3 is 9.64 Å². The number of nitrogens with one attached hydrogen (secondary N) is 1. The molecule has 29 heavy (non-hydrogen) atoms. The van der Waals surface area contributed by atoms with E-state index in [0.717, 1.165) is 23.7 Å². The topological polar surface area (TPSA) is 88.6 Å². The van der Waals surface area contributed by atoms with Crippen molar-refractivity contribution in [2.75, 3.05) is 29.5 Å². The number of nitrogens with zero attached hydrogens (tertiary/aromatic N) is 2. The van der Waals surface area contributed by atoms with Crippen molar-refractivity contribution >= 4 is 49.7 Å². The van der Waals surface area contributed by atoms with E-state index in [1.165, 1.54) is 7.11 Å². The number of anilines is 2. The number of halogens is 4. The van der Waals surface area contributed by atoms with Crippen LogP contribution in [0, 0.1) is 0 Å². The van der Waals surface area contributed by atoms with Gasteiger partial charge in [-0.25, -0.2) is 18.2 Å². The average molecular weight is 470 g/mol. The van der Waals surface area contributed by atoms with E-state index in [4.69, 9.17) is 16.3 Å². The van der Waals surface area contributed by atoms with Crippen molar-refractivity contribution in [3.05, 3.63) is 38.9 Å². The lowest BCUT2D eigenvalue weighted by atomic mass is 10.0. The molecule has 0 unspecified atom stereocenters. The van der Waals surface area contributed by atoms with Gasteiger partial charge in [0.1, 0.15) is 10.8 Å². The summed E-state index contributed by atoms with van der Waals surface area (Å²) in [6, 6.07) is 0.810. The molecule has 0 aromatic carbocycles. The van der Waals surface area contributed by atoms with Crippen LogP contribution in [0.4, 0.5) is 24.0 Å². The summed E-state index contributed by atoms with van der Waals surface area (Å²) in [7, 11) is -2.44. The Morgan fingerprint density at radius 3 is 2.66 bits per heavy atom. The fourth-order valence-electron chi connectivity index (χ4n) is 2.96. The van der Waals surface area contributed by atoms with Crippen LogP contribution in [0.5, 0.6) is 0 Å². The highest BCUT2D eigenvalue weighted by molar-refractivity contribution is 7.92. The second kappa shape index (κ2) is 7.65. The standard InChI is InChI=1S/C16H15ClF3N3O4S2/c1-27-15(24)12-9-3-4-23(7-11(9)28-14(12)22-29(2,25)26)13-10(17)5-8(6-21-13)16(18,19)20/h5-6,22H,3-4,7H2,1-2H3. The van der Waals surface area contributed by atoms with Gasteiger partial charge in [0.15, 0.2) is 0 Å². The predicted octanol–water partition coefficient (Wildman–Crippen LogP) is 3.54. The number of rotatable bonds is 4. The van der Waals surface area contributed by atoms with Crippen molar-refractivity contribution < 1.29 is 31.1 Å². The molecule has 2 aromatic rings. The average Bonchev–Trinajstić information content (AvgIpc) is 2.95. The third-order valence-corrected chi connectivity index (χ3v) is 6.29. The summed E-state index contributed by atoms with van der Waals surface area (Å²) in [6.07, 6.45) is -2.55. The molecule has 0 saturated carbocycles. The lowest BCUT2D eigenvalue weighted by Crippen LogP contribution is -2.31. The van der Waals surface area contributed by atoms with Crippen molar-refractivity contribution in [2.45, 2.75) is 19.1 Å². The van der Waals surface area contributed by atoms with E-state index in [2.05, 4.69) is 9.71 Å². The van der Waals surface area contributed by atoms with Gasteiger partial charge in [-0.3, -0.25) is 4.72 Å². The molecule has 7 nitrogen and oxygen atoms in total. The summed E-state index contributed by atoms with van der Waals surface area (Å²) in [4.78, 5) is 18.4. The fraction of sp³-hybridized carbons (Fsp3) is 0.375. The molecule has 0 radical (unpaired) electrons. The van der Waals surface area contributed by atoms with Gasteiger partial charge in [0.25, 0.3) is 0 Å². The number of ether oxygens (including phenoxy) is 1. The predicted molar refractivity (Wildman–Crippen MR) is 103 cm³/mol. The molecule has 3 rings (SSSR count). The van der Waals surface area contributed by atoms with E-state index in [1.54, 1.807) is 4.90 Å². The van der Waals surface area contributed by atoms with Gasteiger partial charge in [-0.1, -0.05) is 11.6 Å². The molecule has 13 heteroatoms. The third kappa shape index (κ3) is 4.59. The molecule has 1 aliphatic heterocycles. The summed E-state index contributed by atoms with van der Waals surface area (Å²) < 4.78 is 68.8. The van der Waals surface area contributed by atoms with E-state index in [-0.39, 0.29) is 27.9 Å². The van der Waals surface area contributed by atoms with Crippen LogP contribution in [0.3, 0.4) is 0 Å². The fourth-order valence-corrected chi connectivity index (χ4v) is 5.41. The number of alkyl halides is 3. The molecule has 0 fully saturated rings. The van der Waals surface area contributed by atoms with Crippen molar-refractivity contribution in [1.82, 2.24) is 4.98 Å². The maximum atomic E-state index is 12.8. The zero-order valence-corrected chi connectivity index (χ0v) is 17.5. The first-order valence-corrected chi connectivity index (χ1v) is 11.2. The van der Waals surface area contributed by atoms with E-state index >= 15 is 0 Å².